The zero-order valence-corrected chi connectivity index (χ0v) is 28.5. The Labute approximate surface area is 293 Å². The van der Waals surface area contributed by atoms with Crippen LogP contribution in [0.1, 0.15) is 0 Å². The first-order valence-electron chi connectivity index (χ1n) is 16.7. The second-order valence-electron chi connectivity index (χ2n) is 12.8. The molecule has 0 aliphatic rings. The van der Waals surface area contributed by atoms with Crippen molar-refractivity contribution >= 4 is 82.6 Å². The molecule has 3 nitrogen and oxygen atoms in total. The Morgan fingerprint density at radius 1 is 0.400 bits per heavy atom. The molecular formula is C46H27NO2Se. The van der Waals surface area contributed by atoms with Crippen LogP contribution in [0.4, 0.5) is 5.69 Å². The minimum absolute atomic E-state index is 0.0969. The van der Waals surface area contributed by atoms with Crippen molar-refractivity contribution in [3.05, 3.63) is 174 Å². The molecule has 9 aromatic carbocycles. The van der Waals surface area contributed by atoms with Crippen molar-refractivity contribution in [1.29, 1.82) is 0 Å². The van der Waals surface area contributed by atoms with Crippen LogP contribution in [-0.2, 0) is 0 Å². The monoisotopic (exact) mass is 705 g/mol. The Hall–Kier alpha value is -6.06. The first-order valence-corrected chi connectivity index (χ1v) is 18.4. The van der Waals surface area contributed by atoms with Crippen LogP contribution in [0.2, 0.25) is 0 Å². The van der Waals surface area contributed by atoms with E-state index in [9.17, 15) is 10.1 Å². The van der Waals surface area contributed by atoms with Crippen LogP contribution in [0.5, 0.6) is 0 Å². The third kappa shape index (κ3) is 4.23. The van der Waals surface area contributed by atoms with Crippen molar-refractivity contribution in [2.75, 3.05) is 0 Å². The van der Waals surface area contributed by atoms with Gasteiger partial charge in [-0.05, 0) is 0 Å². The molecule has 0 N–H and O–H groups in total. The Morgan fingerprint density at radius 3 is 1.42 bits per heavy atom. The SMILES string of the molecule is O=[N+]([O-])c1c2ccccc2c(-c2ccc3[se]c4c(-c5c6ccccc6c(-c6ccccc6)c6ccccc56)cccc4c3c2)c2ccccc12. The second kappa shape index (κ2) is 11.2. The Balaban J connectivity index is 1.26. The third-order valence-corrected chi connectivity index (χ3v) is 12.7. The molecule has 0 amide bonds. The zero-order valence-electron chi connectivity index (χ0n) is 26.8. The number of hydrogen-bond acceptors (Lipinski definition) is 2. The summed E-state index contributed by atoms with van der Waals surface area (Å²) in [5.74, 6) is 0. The Kier molecular flexibility index (Phi) is 6.50. The van der Waals surface area contributed by atoms with Crippen molar-refractivity contribution in [2.45, 2.75) is 0 Å². The van der Waals surface area contributed by atoms with Crippen molar-refractivity contribution in [3.8, 4) is 33.4 Å². The summed E-state index contributed by atoms with van der Waals surface area (Å²) in [7, 11) is 0. The normalized spacial score (nSPS) is 11.8. The summed E-state index contributed by atoms with van der Waals surface area (Å²) in [4.78, 5) is 12.1. The van der Waals surface area contributed by atoms with E-state index in [-0.39, 0.29) is 25.1 Å². The summed E-state index contributed by atoms with van der Waals surface area (Å²) >= 11 is 0.0969. The van der Waals surface area contributed by atoms with Crippen LogP contribution in [0.3, 0.4) is 0 Å². The van der Waals surface area contributed by atoms with Gasteiger partial charge in [-0.1, -0.05) is 0 Å². The maximum atomic E-state index is 12.4. The van der Waals surface area contributed by atoms with Gasteiger partial charge < -0.3 is 0 Å². The van der Waals surface area contributed by atoms with Gasteiger partial charge in [0, 0.05) is 0 Å². The quantitative estimate of drug-likeness (QED) is 0.0792. The molecule has 50 heavy (non-hydrogen) atoms. The van der Waals surface area contributed by atoms with Crippen LogP contribution < -0.4 is 0 Å². The standard InChI is InChI=1S/C46H27NO2Se/c48-47(49)45-36-21-10-8-19-34(36)43(35-20-9-11-22-37(35)45)29-25-26-41-40(27-29)38-23-12-24-39(46(38)50-41)44-32-17-6-4-15-30(32)42(28-13-2-1-3-14-28)31-16-5-7-18-33(31)44/h1-27H. The number of nitro benzene ring substituents is 1. The summed E-state index contributed by atoms with van der Waals surface area (Å²) in [5, 5.41) is 23.1. The molecule has 0 unspecified atom stereocenters. The molecule has 1 heterocycles. The van der Waals surface area contributed by atoms with Gasteiger partial charge in [-0.25, -0.2) is 0 Å². The molecule has 0 saturated carbocycles. The summed E-state index contributed by atoms with van der Waals surface area (Å²) in [5.41, 5.74) is 7.35. The van der Waals surface area contributed by atoms with E-state index in [0.29, 0.717) is 10.8 Å². The molecule has 1 aromatic heterocycles. The number of fused-ring (bicyclic) bond motifs is 7. The van der Waals surface area contributed by atoms with Gasteiger partial charge in [0.15, 0.2) is 0 Å². The van der Waals surface area contributed by atoms with Gasteiger partial charge in [0.1, 0.15) is 0 Å². The van der Waals surface area contributed by atoms with Crippen LogP contribution >= 0.6 is 0 Å². The number of nitrogens with zero attached hydrogens (tertiary/aromatic N) is 1. The summed E-state index contributed by atoms with van der Waals surface area (Å²) in [6, 6.07) is 57.5. The Bertz CT molecular complexity index is 2900. The van der Waals surface area contributed by atoms with Gasteiger partial charge in [0.2, 0.25) is 0 Å². The summed E-state index contributed by atoms with van der Waals surface area (Å²) in [6.07, 6.45) is 0. The van der Waals surface area contributed by atoms with Gasteiger partial charge in [0.05, 0.1) is 0 Å². The molecule has 4 heteroatoms. The first-order chi connectivity index (χ1) is 24.7. The maximum absolute atomic E-state index is 12.4. The van der Waals surface area contributed by atoms with Gasteiger partial charge in [-0.15, -0.1) is 0 Å². The predicted octanol–water partition coefficient (Wildman–Crippen LogP) is 12.6. The number of rotatable bonds is 4. The fourth-order valence-electron chi connectivity index (χ4n) is 8.10. The topological polar surface area (TPSA) is 43.1 Å². The molecule has 0 aliphatic heterocycles. The van der Waals surface area contributed by atoms with Crippen molar-refractivity contribution in [2.24, 2.45) is 0 Å². The second-order valence-corrected chi connectivity index (χ2v) is 15.0. The molecule has 0 saturated heterocycles. The van der Waals surface area contributed by atoms with E-state index in [1.165, 1.54) is 63.1 Å². The zero-order chi connectivity index (χ0) is 33.3. The fraction of sp³-hybridized carbons (Fsp3) is 0. The molecule has 0 radical (unpaired) electrons. The van der Waals surface area contributed by atoms with Gasteiger partial charge >= 0.3 is 295 Å². The number of hydrogen-bond donors (Lipinski definition) is 0. The molecule has 0 atom stereocenters. The molecule has 10 rings (SSSR count). The van der Waals surface area contributed by atoms with E-state index in [1.807, 2.05) is 48.5 Å². The molecular weight excluding hydrogens is 677 g/mol. The van der Waals surface area contributed by atoms with Crippen LogP contribution in [0, 0.1) is 10.1 Å². The molecule has 0 spiro atoms. The summed E-state index contributed by atoms with van der Waals surface area (Å²) in [6.45, 7) is 0. The summed E-state index contributed by atoms with van der Waals surface area (Å²) < 4.78 is 2.75. The number of benzene rings is 9. The van der Waals surface area contributed by atoms with Crippen LogP contribution in [0.15, 0.2) is 164 Å². The number of non-ortho nitro benzene ring substituents is 1. The van der Waals surface area contributed by atoms with E-state index in [1.54, 1.807) is 0 Å². The first kappa shape index (κ1) is 28.9. The van der Waals surface area contributed by atoms with E-state index in [4.69, 9.17) is 0 Å². The minimum atomic E-state index is -0.239. The molecule has 234 valence electrons. The van der Waals surface area contributed by atoms with Crippen molar-refractivity contribution < 1.29 is 4.92 Å². The van der Waals surface area contributed by atoms with Crippen LogP contribution in [-0.4, -0.2) is 19.4 Å². The van der Waals surface area contributed by atoms with Gasteiger partial charge in [-0.2, -0.15) is 0 Å². The molecule has 0 bridgehead atoms. The van der Waals surface area contributed by atoms with Gasteiger partial charge in [0.25, 0.3) is 0 Å². The Morgan fingerprint density at radius 2 is 0.860 bits per heavy atom. The average Bonchev–Trinajstić information content (AvgIpc) is 3.54. The van der Waals surface area contributed by atoms with E-state index in [2.05, 4.69) is 115 Å². The molecule has 10 aromatic rings. The fourth-order valence-corrected chi connectivity index (χ4v) is 10.6. The van der Waals surface area contributed by atoms with Crippen molar-refractivity contribution in [1.82, 2.24) is 0 Å². The van der Waals surface area contributed by atoms with Crippen LogP contribution in [0.25, 0.3) is 95.8 Å². The third-order valence-electron chi connectivity index (χ3n) is 10.1. The average molecular weight is 705 g/mol. The van der Waals surface area contributed by atoms with E-state index in [0.717, 1.165) is 21.9 Å². The molecule has 0 fully saturated rings. The number of nitro groups is 1. The van der Waals surface area contributed by atoms with Crippen molar-refractivity contribution in [3.63, 3.8) is 0 Å². The van der Waals surface area contributed by atoms with E-state index < -0.39 is 0 Å². The molecule has 0 aliphatic carbocycles. The van der Waals surface area contributed by atoms with Gasteiger partial charge in [-0.3, -0.25) is 0 Å². The predicted molar refractivity (Wildman–Crippen MR) is 211 cm³/mol. The van der Waals surface area contributed by atoms with E-state index >= 15 is 0 Å².